The zero-order valence-electron chi connectivity index (χ0n) is 10.8. The van der Waals surface area contributed by atoms with E-state index < -0.39 is 5.91 Å². The number of nitrogens with two attached hydrogens (primary N) is 1. The van der Waals surface area contributed by atoms with Gasteiger partial charge < -0.3 is 15.8 Å². The van der Waals surface area contributed by atoms with E-state index in [-0.39, 0.29) is 5.57 Å². The zero-order chi connectivity index (χ0) is 14.3. The van der Waals surface area contributed by atoms with Gasteiger partial charge in [-0.2, -0.15) is 5.26 Å². The third kappa shape index (κ3) is 4.23. The summed E-state index contributed by atoms with van der Waals surface area (Å²) in [4.78, 5) is 11.1. The maximum Gasteiger partial charge on any atom is 0.262 e. The Morgan fingerprint density at radius 2 is 2.11 bits per heavy atom. The zero-order valence-corrected chi connectivity index (χ0v) is 11.6. The number of nitriles is 1. The molecular formula is C13H15N3O2S. The van der Waals surface area contributed by atoms with Gasteiger partial charge in [0.05, 0.1) is 11.6 Å². The first-order valence-corrected chi connectivity index (χ1v) is 6.82. The molecule has 1 aromatic carbocycles. The summed E-state index contributed by atoms with van der Waals surface area (Å²) in [6.07, 6.45) is 1.76. The standard InChI is InChI=1S/C13H15N3O2S/c1-3-18-10-6-4-9(5-7-10)16-13(19-2)11(8-14)12(15)17/h4-7,16H,3H2,1-2H3,(H2,15,17). The van der Waals surface area contributed by atoms with E-state index in [2.05, 4.69) is 5.32 Å². The lowest BCUT2D eigenvalue weighted by molar-refractivity contribution is -0.114. The molecule has 0 saturated heterocycles. The highest BCUT2D eigenvalue weighted by molar-refractivity contribution is 8.02. The van der Waals surface area contributed by atoms with E-state index in [0.717, 1.165) is 11.4 Å². The van der Waals surface area contributed by atoms with E-state index in [0.29, 0.717) is 11.6 Å². The molecule has 1 aromatic rings. The molecule has 0 bridgehead atoms. The molecule has 0 radical (unpaired) electrons. The highest BCUT2D eigenvalue weighted by Gasteiger charge is 2.11. The molecule has 0 atom stereocenters. The van der Waals surface area contributed by atoms with Gasteiger partial charge in [-0.3, -0.25) is 4.79 Å². The van der Waals surface area contributed by atoms with Gasteiger partial charge in [0.2, 0.25) is 0 Å². The van der Waals surface area contributed by atoms with Crippen LogP contribution in [0.4, 0.5) is 5.69 Å². The van der Waals surface area contributed by atoms with Crippen LogP contribution < -0.4 is 15.8 Å². The average molecular weight is 277 g/mol. The van der Waals surface area contributed by atoms with E-state index in [1.807, 2.05) is 6.92 Å². The number of hydrogen-bond donors (Lipinski definition) is 2. The molecule has 0 aliphatic heterocycles. The van der Waals surface area contributed by atoms with Crippen molar-refractivity contribution in [1.82, 2.24) is 0 Å². The van der Waals surface area contributed by atoms with E-state index in [9.17, 15) is 4.79 Å². The van der Waals surface area contributed by atoms with Crippen molar-refractivity contribution in [2.24, 2.45) is 5.73 Å². The van der Waals surface area contributed by atoms with Crippen molar-refractivity contribution in [2.45, 2.75) is 6.92 Å². The number of anilines is 1. The number of ether oxygens (including phenoxy) is 1. The summed E-state index contributed by atoms with van der Waals surface area (Å²) in [5.74, 6) is 0.0171. The Hall–Kier alpha value is -2.13. The smallest absolute Gasteiger partial charge is 0.262 e. The summed E-state index contributed by atoms with van der Waals surface area (Å²) in [7, 11) is 0. The molecule has 1 amide bonds. The molecule has 3 N–H and O–H groups in total. The minimum absolute atomic E-state index is 0.0821. The minimum atomic E-state index is -0.745. The molecule has 0 unspecified atom stereocenters. The van der Waals surface area contributed by atoms with Crippen LogP contribution in [0, 0.1) is 11.3 Å². The number of benzene rings is 1. The molecule has 0 fully saturated rings. The molecule has 0 heterocycles. The van der Waals surface area contributed by atoms with Gasteiger partial charge in [-0.05, 0) is 37.4 Å². The van der Waals surface area contributed by atoms with Gasteiger partial charge in [0.15, 0.2) is 0 Å². The summed E-state index contributed by atoms with van der Waals surface area (Å²) in [6.45, 7) is 2.51. The van der Waals surface area contributed by atoms with Crippen molar-refractivity contribution in [2.75, 3.05) is 18.2 Å². The van der Waals surface area contributed by atoms with Gasteiger partial charge in [-0.1, -0.05) is 0 Å². The van der Waals surface area contributed by atoms with Crippen LogP contribution in [-0.2, 0) is 4.79 Å². The molecule has 5 nitrogen and oxygen atoms in total. The summed E-state index contributed by atoms with van der Waals surface area (Å²) in [5.41, 5.74) is 5.82. The number of nitrogens with one attached hydrogen (secondary N) is 1. The highest BCUT2D eigenvalue weighted by Crippen LogP contribution is 2.22. The first-order chi connectivity index (χ1) is 9.12. The molecule has 100 valence electrons. The van der Waals surface area contributed by atoms with Crippen LogP contribution in [0.2, 0.25) is 0 Å². The van der Waals surface area contributed by atoms with Crippen molar-refractivity contribution in [3.8, 4) is 11.8 Å². The van der Waals surface area contributed by atoms with E-state index in [4.69, 9.17) is 15.7 Å². The second-order valence-electron chi connectivity index (χ2n) is 3.47. The van der Waals surface area contributed by atoms with Crippen LogP contribution in [0.25, 0.3) is 0 Å². The van der Waals surface area contributed by atoms with E-state index in [1.165, 1.54) is 11.8 Å². The fourth-order valence-electron chi connectivity index (χ4n) is 1.37. The SMILES string of the molecule is CCOc1ccc(NC(SC)=C(C#N)C(N)=O)cc1. The van der Waals surface area contributed by atoms with Crippen molar-refractivity contribution in [1.29, 1.82) is 5.26 Å². The first-order valence-electron chi connectivity index (χ1n) is 5.60. The van der Waals surface area contributed by atoms with Gasteiger partial charge in [-0.25, -0.2) is 0 Å². The number of thioether (sulfide) groups is 1. The second-order valence-corrected chi connectivity index (χ2v) is 4.28. The van der Waals surface area contributed by atoms with Crippen LogP contribution in [0.3, 0.4) is 0 Å². The Morgan fingerprint density at radius 1 is 1.47 bits per heavy atom. The van der Waals surface area contributed by atoms with Gasteiger partial charge in [0, 0.05) is 5.69 Å². The number of hydrogen-bond acceptors (Lipinski definition) is 5. The van der Waals surface area contributed by atoms with E-state index in [1.54, 1.807) is 36.6 Å². The highest BCUT2D eigenvalue weighted by atomic mass is 32.2. The van der Waals surface area contributed by atoms with Crippen molar-refractivity contribution >= 4 is 23.4 Å². The fraction of sp³-hybridized carbons (Fsp3) is 0.231. The minimum Gasteiger partial charge on any atom is -0.494 e. The summed E-state index contributed by atoms with van der Waals surface area (Å²) >= 11 is 1.25. The maximum absolute atomic E-state index is 11.1. The number of primary amides is 1. The van der Waals surface area contributed by atoms with Crippen molar-refractivity contribution in [3.63, 3.8) is 0 Å². The molecule has 1 rings (SSSR count). The van der Waals surface area contributed by atoms with Gasteiger partial charge in [0.25, 0.3) is 5.91 Å². The van der Waals surface area contributed by atoms with Crippen LogP contribution in [0.5, 0.6) is 5.75 Å². The Kier molecular flexibility index (Phi) is 5.76. The van der Waals surface area contributed by atoms with Crippen LogP contribution in [-0.4, -0.2) is 18.8 Å². The van der Waals surface area contributed by atoms with Crippen LogP contribution in [0.1, 0.15) is 6.92 Å². The monoisotopic (exact) mass is 277 g/mol. The predicted molar refractivity (Wildman–Crippen MR) is 76.6 cm³/mol. The van der Waals surface area contributed by atoms with Crippen molar-refractivity contribution < 1.29 is 9.53 Å². The molecule has 6 heteroatoms. The van der Waals surface area contributed by atoms with E-state index >= 15 is 0 Å². The number of amides is 1. The topological polar surface area (TPSA) is 88.1 Å². The number of carbonyl (C=O) groups excluding carboxylic acids is 1. The average Bonchev–Trinajstić information content (AvgIpc) is 2.40. The molecule has 0 aliphatic carbocycles. The second kappa shape index (κ2) is 7.34. The Labute approximate surface area is 116 Å². The molecular weight excluding hydrogens is 262 g/mol. The summed E-state index contributed by atoms with van der Waals surface area (Å²) in [5, 5.41) is 12.3. The van der Waals surface area contributed by atoms with Gasteiger partial charge in [-0.15, -0.1) is 11.8 Å². The first kappa shape index (κ1) is 14.9. The van der Waals surface area contributed by atoms with Gasteiger partial charge in [0.1, 0.15) is 17.4 Å². The Morgan fingerprint density at radius 3 is 2.53 bits per heavy atom. The number of nitrogens with zero attached hydrogens (tertiary/aromatic N) is 1. The molecule has 19 heavy (non-hydrogen) atoms. The molecule has 0 spiro atoms. The summed E-state index contributed by atoms with van der Waals surface area (Å²) < 4.78 is 5.33. The predicted octanol–water partition coefficient (Wildman–Crippen LogP) is 2.08. The lowest BCUT2D eigenvalue weighted by atomic mass is 10.2. The van der Waals surface area contributed by atoms with Crippen molar-refractivity contribution in [3.05, 3.63) is 34.9 Å². The quantitative estimate of drug-likeness (QED) is 0.614. The lowest BCUT2D eigenvalue weighted by Gasteiger charge is -2.10. The summed E-state index contributed by atoms with van der Waals surface area (Å²) in [6, 6.07) is 9.02. The number of rotatable bonds is 6. The van der Waals surface area contributed by atoms with Crippen LogP contribution in [0.15, 0.2) is 34.9 Å². The third-order valence-electron chi connectivity index (χ3n) is 2.21. The largest absolute Gasteiger partial charge is 0.494 e. The van der Waals surface area contributed by atoms with Gasteiger partial charge >= 0.3 is 0 Å². The maximum atomic E-state index is 11.1. The lowest BCUT2D eigenvalue weighted by Crippen LogP contribution is -2.16. The normalized spacial score (nSPS) is 11.2. The molecule has 0 saturated carbocycles. The molecule has 0 aliphatic rings. The Bertz CT molecular complexity index is 518. The molecule has 0 aromatic heterocycles. The fourth-order valence-corrected chi connectivity index (χ4v) is 1.94. The Balaban J connectivity index is 2.93. The number of carbonyl (C=O) groups is 1. The van der Waals surface area contributed by atoms with Crippen LogP contribution >= 0.6 is 11.8 Å². The third-order valence-corrected chi connectivity index (χ3v) is 2.93.